The van der Waals surface area contributed by atoms with E-state index in [1.807, 2.05) is 0 Å². The molecule has 0 aliphatic heterocycles. The number of benzene rings is 10. The fourth-order valence-electron chi connectivity index (χ4n) is 10.9. The molecule has 0 spiro atoms. The molecule has 10 aromatic carbocycles. The van der Waals surface area contributed by atoms with E-state index in [-0.39, 0.29) is 5.41 Å². The van der Waals surface area contributed by atoms with Gasteiger partial charge in [-0.1, -0.05) is 190 Å². The molecule has 61 heavy (non-hydrogen) atoms. The Morgan fingerprint density at radius 3 is 1.51 bits per heavy atom. The molecule has 2 aliphatic carbocycles. The van der Waals surface area contributed by atoms with Gasteiger partial charge in [-0.3, -0.25) is 0 Å². The second-order valence-corrected chi connectivity index (χ2v) is 17.3. The fraction of sp³-hybridized carbons (Fsp3) is 0.0667. The normalized spacial score (nSPS) is 14.0. The first kappa shape index (κ1) is 35.5. The maximum atomic E-state index is 2.47. The number of hydrogen-bond acceptors (Lipinski definition) is 1. The summed E-state index contributed by atoms with van der Waals surface area (Å²) in [5, 5.41) is 5.07. The van der Waals surface area contributed by atoms with E-state index in [1.165, 1.54) is 88.3 Å². The molecule has 1 nitrogen and oxygen atoms in total. The van der Waals surface area contributed by atoms with Crippen LogP contribution in [0.4, 0.5) is 17.1 Å². The third-order valence-electron chi connectivity index (χ3n) is 13.7. The molecule has 0 bridgehead atoms. The van der Waals surface area contributed by atoms with Crippen LogP contribution in [0.15, 0.2) is 224 Å². The minimum absolute atomic E-state index is 0.117. The van der Waals surface area contributed by atoms with E-state index in [9.17, 15) is 0 Å². The van der Waals surface area contributed by atoms with Gasteiger partial charge in [-0.2, -0.15) is 0 Å². The van der Waals surface area contributed by atoms with Crippen LogP contribution in [-0.2, 0) is 10.8 Å². The van der Waals surface area contributed by atoms with Crippen molar-refractivity contribution < 1.29 is 0 Å². The second kappa shape index (κ2) is 13.5. The first-order valence-corrected chi connectivity index (χ1v) is 21.4. The zero-order chi connectivity index (χ0) is 40.7. The molecular formula is C60H43N. The van der Waals surface area contributed by atoms with Gasteiger partial charge in [0.05, 0.1) is 5.41 Å². The van der Waals surface area contributed by atoms with Crippen LogP contribution in [0.2, 0.25) is 0 Å². The summed E-state index contributed by atoms with van der Waals surface area (Å²) in [7, 11) is 0. The summed E-state index contributed by atoms with van der Waals surface area (Å²) in [5.41, 5.74) is 18.3. The van der Waals surface area contributed by atoms with Gasteiger partial charge in [0, 0.05) is 22.5 Å². The number of anilines is 3. The second-order valence-electron chi connectivity index (χ2n) is 17.3. The van der Waals surface area contributed by atoms with Crippen LogP contribution in [0.3, 0.4) is 0 Å². The molecule has 0 saturated carbocycles. The van der Waals surface area contributed by atoms with Crippen molar-refractivity contribution in [3.63, 3.8) is 0 Å². The fourth-order valence-corrected chi connectivity index (χ4v) is 10.9. The summed E-state index contributed by atoms with van der Waals surface area (Å²) in [5.74, 6) is 0. The summed E-state index contributed by atoms with van der Waals surface area (Å²) < 4.78 is 0. The summed E-state index contributed by atoms with van der Waals surface area (Å²) in [4.78, 5) is 2.47. The highest BCUT2D eigenvalue weighted by molar-refractivity contribution is 5.98. The molecule has 0 fully saturated rings. The molecule has 10 aromatic rings. The van der Waals surface area contributed by atoms with E-state index in [2.05, 4.69) is 243 Å². The molecular weight excluding hydrogens is 735 g/mol. The lowest BCUT2D eigenvalue weighted by Crippen LogP contribution is -2.28. The Morgan fingerprint density at radius 2 is 0.803 bits per heavy atom. The van der Waals surface area contributed by atoms with Crippen LogP contribution < -0.4 is 4.90 Å². The monoisotopic (exact) mass is 777 g/mol. The van der Waals surface area contributed by atoms with Gasteiger partial charge in [-0.15, -0.1) is 0 Å². The van der Waals surface area contributed by atoms with Crippen molar-refractivity contribution in [1.82, 2.24) is 0 Å². The Kier molecular flexibility index (Phi) is 7.86. The SMILES string of the molecule is CC1(C)c2ccc(N(c3ccc(-c4cccc5ccccc45)cc3)c3ccc4c(c3)-c3ccccc3C4(c3ccccc3)c3ccccc3)cc2-c2cc3ccccc3cc21. The molecule has 0 heterocycles. The molecule has 0 unspecified atom stereocenters. The van der Waals surface area contributed by atoms with Gasteiger partial charge in [0.15, 0.2) is 0 Å². The van der Waals surface area contributed by atoms with E-state index >= 15 is 0 Å². The molecule has 288 valence electrons. The third kappa shape index (κ3) is 5.27. The number of nitrogens with zero attached hydrogens (tertiary/aromatic N) is 1. The van der Waals surface area contributed by atoms with Crippen LogP contribution in [0.25, 0.3) is 54.9 Å². The number of fused-ring (bicyclic) bond motifs is 8. The van der Waals surface area contributed by atoms with Gasteiger partial charge >= 0.3 is 0 Å². The molecule has 0 radical (unpaired) electrons. The van der Waals surface area contributed by atoms with Crippen molar-refractivity contribution in [2.75, 3.05) is 4.90 Å². The lowest BCUT2D eigenvalue weighted by molar-refractivity contribution is 0.661. The van der Waals surface area contributed by atoms with E-state index in [0.29, 0.717) is 0 Å². The van der Waals surface area contributed by atoms with Crippen LogP contribution >= 0.6 is 0 Å². The summed E-state index contributed by atoms with van der Waals surface area (Å²) in [6.45, 7) is 4.75. The predicted molar refractivity (Wildman–Crippen MR) is 256 cm³/mol. The molecule has 12 rings (SSSR count). The summed E-state index contributed by atoms with van der Waals surface area (Å²) in [6.07, 6.45) is 0. The first-order valence-electron chi connectivity index (χ1n) is 21.4. The van der Waals surface area contributed by atoms with E-state index in [0.717, 1.165) is 17.1 Å². The topological polar surface area (TPSA) is 3.24 Å². The Bertz CT molecular complexity index is 3280. The molecule has 0 aromatic heterocycles. The molecule has 0 atom stereocenters. The highest BCUT2D eigenvalue weighted by Crippen LogP contribution is 2.58. The van der Waals surface area contributed by atoms with Crippen molar-refractivity contribution in [2.45, 2.75) is 24.7 Å². The maximum Gasteiger partial charge on any atom is 0.0713 e. The minimum Gasteiger partial charge on any atom is -0.310 e. The van der Waals surface area contributed by atoms with Crippen LogP contribution in [0.5, 0.6) is 0 Å². The largest absolute Gasteiger partial charge is 0.310 e. The molecule has 0 amide bonds. The van der Waals surface area contributed by atoms with Crippen LogP contribution in [-0.4, -0.2) is 0 Å². The smallest absolute Gasteiger partial charge is 0.0713 e. The van der Waals surface area contributed by atoms with E-state index in [1.54, 1.807) is 0 Å². The van der Waals surface area contributed by atoms with Crippen LogP contribution in [0, 0.1) is 0 Å². The molecule has 0 saturated heterocycles. The van der Waals surface area contributed by atoms with Crippen LogP contribution in [0.1, 0.15) is 47.2 Å². The average molecular weight is 778 g/mol. The third-order valence-corrected chi connectivity index (χ3v) is 13.7. The summed E-state index contributed by atoms with van der Waals surface area (Å²) >= 11 is 0. The Labute approximate surface area is 357 Å². The lowest BCUT2D eigenvalue weighted by Gasteiger charge is -2.34. The highest BCUT2D eigenvalue weighted by atomic mass is 15.1. The molecule has 0 N–H and O–H groups in total. The van der Waals surface area contributed by atoms with E-state index < -0.39 is 5.41 Å². The van der Waals surface area contributed by atoms with Crippen molar-refractivity contribution in [3.8, 4) is 33.4 Å². The number of rotatable bonds is 6. The van der Waals surface area contributed by atoms with Crippen molar-refractivity contribution in [3.05, 3.63) is 258 Å². The van der Waals surface area contributed by atoms with E-state index in [4.69, 9.17) is 0 Å². The lowest BCUT2D eigenvalue weighted by atomic mass is 9.68. The summed E-state index contributed by atoms with van der Waals surface area (Å²) in [6, 6.07) is 83.6. The van der Waals surface area contributed by atoms with Gasteiger partial charge in [0.1, 0.15) is 0 Å². The quantitative estimate of drug-likeness (QED) is 0.163. The zero-order valence-electron chi connectivity index (χ0n) is 34.3. The average Bonchev–Trinajstić information content (AvgIpc) is 3.73. The first-order chi connectivity index (χ1) is 30.0. The Balaban J connectivity index is 1.07. The highest BCUT2D eigenvalue weighted by Gasteiger charge is 2.46. The number of hydrogen-bond donors (Lipinski definition) is 0. The van der Waals surface area contributed by atoms with Crippen molar-refractivity contribution >= 4 is 38.6 Å². The zero-order valence-corrected chi connectivity index (χ0v) is 34.3. The van der Waals surface area contributed by atoms with Gasteiger partial charge in [0.2, 0.25) is 0 Å². The maximum absolute atomic E-state index is 2.47. The Morgan fingerprint density at radius 1 is 0.311 bits per heavy atom. The van der Waals surface area contributed by atoms with Gasteiger partial charge in [0.25, 0.3) is 0 Å². The van der Waals surface area contributed by atoms with Gasteiger partial charge in [-0.25, -0.2) is 0 Å². The molecule has 2 aliphatic rings. The standard InChI is InChI=1S/C60H43N/c1-59(2)55-34-32-47(39-54(55)52-36-42-17-9-10-18-43(42)37-58(52)59)61(46-30-28-41(29-31-46)50-26-15-19-40-16-11-12-24-49(40)50)48-33-35-57-53(38-48)51-25-13-14-27-56(51)60(57,44-20-5-3-6-21-44)45-22-7-4-8-23-45/h3-39H,1-2H3. The molecule has 1 heteroatoms. The van der Waals surface area contributed by atoms with Crippen molar-refractivity contribution in [2.24, 2.45) is 0 Å². The van der Waals surface area contributed by atoms with Gasteiger partial charge in [-0.05, 0) is 137 Å². The van der Waals surface area contributed by atoms with Gasteiger partial charge < -0.3 is 4.90 Å². The predicted octanol–water partition coefficient (Wildman–Crippen LogP) is 15.8. The minimum atomic E-state index is -0.455. The Hall–Kier alpha value is -7.48. The van der Waals surface area contributed by atoms with Crippen molar-refractivity contribution in [1.29, 1.82) is 0 Å².